The molecule has 30 heavy (non-hydrogen) atoms. The molecule has 1 aliphatic heterocycles. The molecule has 1 aromatic carbocycles. The van der Waals surface area contributed by atoms with Crippen molar-refractivity contribution in [3.63, 3.8) is 0 Å². The highest BCUT2D eigenvalue weighted by Crippen LogP contribution is 2.55. The van der Waals surface area contributed by atoms with Gasteiger partial charge in [0.15, 0.2) is 0 Å². The number of phenolic OH excluding ortho intramolecular Hbond substituents is 1. The predicted molar refractivity (Wildman–Crippen MR) is 120 cm³/mol. The molecule has 167 valence electrons. The second-order valence-corrected chi connectivity index (χ2v) is 10.1. The van der Waals surface area contributed by atoms with Crippen LogP contribution in [0.5, 0.6) is 11.5 Å². The van der Waals surface area contributed by atoms with E-state index in [1.54, 1.807) is 6.07 Å². The summed E-state index contributed by atoms with van der Waals surface area (Å²) in [5, 5.41) is 15.3. The van der Waals surface area contributed by atoms with Gasteiger partial charge in [0.25, 0.3) is 5.91 Å². The molecule has 1 saturated carbocycles. The predicted octanol–water partition coefficient (Wildman–Crippen LogP) is 4.95. The third kappa shape index (κ3) is 5.11. The normalized spacial score (nSPS) is 24.7. The Morgan fingerprint density at radius 2 is 1.93 bits per heavy atom. The molecule has 5 heteroatoms. The molecular weight excluding hydrogens is 376 g/mol. The Hall–Kier alpha value is -1.75. The molecule has 2 aliphatic rings. The largest absolute Gasteiger partial charge is 0.507 e. The fraction of sp³-hybridized carbons (Fsp3) is 0.720. The number of carbonyl (C=O) groups excluding carboxylic acids is 1. The van der Waals surface area contributed by atoms with Crippen LogP contribution >= 0.6 is 0 Å². The van der Waals surface area contributed by atoms with Crippen molar-refractivity contribution >= 4 is 5.91 Å². The molecule has 0 saturated heterocycles. The summed E-state index contributed by atoms with van der Waals surface area (Å²) >= 11 is 0. The van der Waals surface area contributed by atoms with E-state index in [1.165, 1.54) is 12.8 Å². The number of rotatable bonds is 8. The molecule has 1 fully saturated rings. The first kappa shape index (κ1) is 22.9. The molecule has 1 radical (unpaired) electrons. The van der Waals surface area contributed by atoms with Crippen molar-refractivity contribution in [1.82, 2.24) is 10.2 Å². The molecule has 1 aromatic rings. The number of hydrogen-bond acceptors (Lipinski definition) is 4. The lowest BCUT2D eigenvalue weighted by Gasteiger charge is -2.48. The Labute approximate surface area is 182 Å². The summed E-state index contributed by atoms with van der Waals surface area (Å²) in [5.41, 5.74) is 0.893. The van der Waals surface area contributed by atoms with Gasteiger partial charge >= 0.3 is 0 Å². The van der Waals surface area contributed by atoms with Crippen LogP contribution in [0, 0.1) is 11.8 Å². The fourth-order valence-corrected chi connectivity index (χ4v) is 5.26. The van der Waals surface area contributed by atoms with Gasteiger partial charge in [0.2, 0.25) is 0 Å². The van der Waals surface area contributed by atoms with Crippen LogP contribution in [0.15, 0.2) is 12.1 Å². The maximum atomic E-state index is 12.7. The van der Waals surface area contributed by atoms with E-state index in [-0.39, 0.29) is 23.2 Å². The maximum absolute atomic E-state index is 12.7. The molecule has 3 atom stereocenters. The number of aromatic hydroxyl groups is 1. The number of ether oxygens (including phenoxy) is 1. The summed E-state index contributed by atoms with van der Waals surface area (Å²) < 4.78 is 6.29. The van der Waals surface area contributed by atoms with Crippen molar-refractivity contribution < 1.29 is 14.6 Å². The van der Waals surface area contributed by atoms with Crippen molar-refractivity contribution in [1.29, 1.82) is 0 Å². The monoisotopic (exact) mass is 415 g/mol. The molecule has 0 aromatic heterocycles. The third-order valence-electron chi connectivity index (χ3n) is 6.93. The van der Waals surface area contributed by atoms with Crippen LogP contribution in [0.1, 0.15) is 87.6 Å². The van der Waals surface area contributed by atoms with Crippen molar-refractivity contribution in [3.8, 4) is 11.5 Å². The van der Waals surface area contributed by atoms with Crippen molar-refractivity contribution in [2.75, 3.05) is 27.2 Å². The summed E-state index contributed by atoms with van der Waals surface area (Å²) in [5.74, 6) is 1.71. The van der Waals surface area contributed by atoms with Gasteiger partial charge in [0, 0.05) is 18.0 Å². The molecule has 1 N–H and O–H groups in total. The zero-order valence-electron chi connectivity index (χ0n) is 19.4. The molecule has 5 nitrogen and oxygen atoms in total. The van der Waals surface area contributed by atoms with Gasteiger partial charge in [0.1, 0.15) is 17.1 Å². The smallest absolute Gasteiger partial charge is 0.276 e. The van der Waals surface area contributed by atoms with E-state index in [4.69, 9.17) is 4.74 Å². The highest BCUT2D eigenvalue weighted by Gasteiger charge is 2.47. The van der Waals surface area contributed by atoms with Gasteiger partial charge in [-0.2, -0.15) is 0 Å². The Bertz CT molecular complexity index is 744. The van der Waals surface area contributed by atoms with Gasteiger partial charge in [-0.3, -0.25) is 4.79 Å². The molecule has 1 aliphatic carbocycles. The first-order chi connectivity index (χ1) is 14.2. The van der Waals surface area contributed by atoms with E-state index in [0.717, 1.165) is 50.0 Å². The number of phenols is 1. The van der Waals surface area contributed by atoms with E-state index in [1.807, 2.05) is 6.07 Å². The molecule has 0 spiro atoms. The van der Waals surface area contributed by atoms with E-state index >= 15 is 0 Å². The van der Waals surface area contributed by atoms with Gasteiger partial charge in [0.05, 0.1) is 5.56 Å². The number of nitrogens with zero attached hydrogens (tertiary/aromatic N) is 2. The van der Waals surface area contributed by atoms with Crippen molar-refractivity contribution in [2.45, 2.75) is 77.2 Å². The van der Waals surface area contributed by atoms with E-state index in [0.29, 0.717) is 23.9 Å². The summed E-state index contributed by atoms with van der Waals surface area (Å²) in [4.78, 5) is 14.9. The first-order valence-electron chi connectivity index (χ1n) is 11.6. The Morgan fingerprint density at radius 3 is 2.67 bits per heavy atom. The minimum atomic E-state index is -0.311. The van der Waals surface area contributed by atoms with Crippen LogP contribution in [-0.4, -0.2) is 48.7 Å². The molecule has 0 bridgehead atoms. The fourth-order valence-electron chi connectivity index (χ4n) is 5.26. The maximum Gasteiger partial charge on any atom is 0.276 e. The second-order valence-electron chi connectivity index (χ2n) is 10.1. The van der Waals surface area contributed by atoms with Crippen molar-refractivity contribution in [3.05, 3.63) is 23.3 Å². The minimum absolute atomic E-state index is 0.0897. The van der Waals surface area contributed by atoms with Gasteiger partial charge in [-0.1, -0.05) is 26.2 Å². The average Bonchev–Trinajstić information content (AvgIpc) is 2.66. The molecular formula is C25H39N2O3. The van der Waals surface area contributed by atoms with E-state index < -0.39 is 0 Å². The van der Waals surface area contributed by atoms with Crippen LogP contribution in [-0.2, 0) is 0 Å². The van der Waals surface area contributed by atoms with Crippen LogP contribution in [0.25, 0.3) is 0 Å². The Balaban J connectivity index is 1.65. The molecule has 0 unspecified atom stereocenters. The standard InChI is InChI=1S/C25H39N2O3/c1-17-10-12-20-19(16-17)22-21(30-25(20,2)3)13-11-18(23(22)28)24(29)26-14-8-6-7-9-15-27(4)5/h11,13,17,19-20,28H,6-10,12,14-16H2,1-5H3/t17-,19-,20-/m1/s1. The van der Waals surface area contributed by atoms with Gasteiger partial charge in [-0.25, -0.2) is 5.32 Å². The summed E-state index contributed by atoms with van der Waals surface area (Å²) in [6.07, 6.45) is 7.61. The highest BCUT2D eigenvalue weighted by atomic mass is 16.5. The summed E-state index contributed by atoms with van der Waals surface area (Å²) in [6.45, 7) is 8.18. The number of hydrogen-bond donors (Lipinski definition) is 1. The highest BCUT2D eigenvalue weighted by molar-refractivity contribution is 5.97. The zero-order chi connectivity index (χ0) is 21.9. The van der Waals surface area contributed by atoms with E-state index in [9.17, 15) is 9.90 Å². The Morgan fingerprint density at radius 1 is 1.20 bits per heavy atom. The Kier molecular flexibility index (Phi) is 7.33. The SMILES string of the molecule is C[C@@H]1CC[C@@H]2[C@@H](C1)c1c(ccc(C(=O)[N]CCCCCCN(C)C)c1O)OC2(C)C. The summed E-state index contributed by atoms with van der Waals surface area (Å²) in [6, 6.07) is 3.54. The third-order valence-corrected chi connectivity index (χ3v) is 6.93. The minimum Gasteiger partial charge on any atom is -0.507 e. The lowest BCUT2D eigenvalue weighted by Crippen LogP contribution is -2.46. The van der Waals surface area contributed by atoms with Gasteiger partial charge in [-0.05, 0) is 84.1 Å². The zero-order valence-corrected chi connectivity index (χ0v) is 19.4. The second kappa shape index (κ2) is 9.59. The quantitative estimate of drug-likeness (QED) is 0.610. The van der Waals surface area contributed by atoms with Gasteiger partial charge in [-0.15, -0.1) is 0 Å². The summed E-state index contributed by atoms with van der Waals surface area (Å²) in [7, 11) is 4.17. The molecule has 3 rings (SSSR count). The number of unbranched alkanes of at least 4 members (excludes halogenated alkanes) is 3. The number of carbonyl (C=O) groups is 1. The van der Waals surface area contributed by atoms with Crippen LogP contribution in [0.3, 0.4) is 0 Å². The average molecular weight is 416 g/mol. The number of fused-ring (bicyclic) bond motifs is 3. The lowest BCUT2D eigenvalue weighted by molar-refractivity contribution is -0.0145. The number of benzene rings is 1. The van der Waals surface area contributed by atoms with Crippen LogP contribution in [0.4, 0.5) is 0 Å². The topological polar surface area (TPSA) is 63.9 Å². The van der Waals surface area contributed by atoms with E-state index in [2.05, 4.69) is 45.1 Å². The number of amides is 1. The van der Waals surface area contributed by atoms with Crippen molar-refractivity contribution in [2.24, 2.45) is 11.8 Å². The van der Waals surface area contributed by atoms with Crippen LogP contribution < -0.4 is 10.1 Å². The van der Waals surface area contributed by atoms with Gasteiger partial charge < -0.3 is 14.7 Å². The lowest BCUT2D eigenvalue weighted by atomic mass is 9.64. The first-order valence-corrected chi connectivity index (χ1v) is 11.6. The van der Waals surface area contributed by atoms with Crippen LogP contribution in [0.2, 0.25) is 0 Å². The molecule has 1 heterocycles. The molecule has 1 amide bonds.